The Morgan fingerprint density at radius 3 is 3.17 bits per heavy atom. The summed E-state index contributed by atoms with van der Waals surface area (Å²) in [4.78, 5) is 33.8. The van der Waals surface area contributed by atoms with Crippen LogP contribution in [0.15, 0.2) is 23.7 Å². The second kappa shape index (κ2) is 7.59. The molecule has 8 heteroatoms. The molecule has 2 aromatic heterocycles. The maximum absolute atomic E-state index is 12.4. The summed E-state index contributed by atoms with van der Waals surface area (Å²) in [7, 11) is 0. The van der Waals surface area contributed by atoms with Crippen LogP contribution in [0.2, 0.25) is 0 Å². The number of rotatable bonds is 5. The third kappa shape index (κ3) is 4.21. The van der Waals surface area contributed by atoms with Crippen molar-refractivity contribution in [2.75, 3.05) is 19.7 Å². The molecule has 1 aliphatic heterocycles. The fraction of sp³-hybridized carbons (Fsp3) is 0.438. The Labute approximate surface area is 144 Å². The van der Waals surface area contributed by atoms with Crippen molar-refractivity contribution in [1.82, 2.24) is 20.2 Å². The van der Waals surface area contributed by atoms with Crippen LogP contribution in [-0.2, 0) is 27.3 Å². The molecule has 1 aliphatic rings. The van der Waals surface area contributed by atoms with Gasteiger partial charge in [0, 0.05) is 18.3 Å². The van der Waals surface area contributed by atoms with E-state index in [2.05, 4.69) is 15.3 Å². The summed E-state index contributed by atoms with van der Waals surface area (Å²) in [5.41, 5.74) is 0.811. The van der Waals surface area contributed by atoms with Crippen LogP contribution in [0.4, 0.5) is 0 Å². The molecule has 128 valence electrons. The average molecular weight is 348 g/mol. The predicted molar refractivity (Wildman–Crippen MR) is 89.4 cm³/mol. The molecule has 3 rings (SSSR count). The molecule has 24 heavy (non-hydrogen) atoms. The van der Waals surface area contributed by atoms with Gasteiger partial charge in [-0.25, -0.2) is 4.98 Å². The minimum absolute atomic E-state index is 0.0922. The number of nitrogens with zero attached hydrogens (tertiary/aromatic N) is 2. The van der Waals surface area contributed by atoms with Crippen LogP contribution in [0, 0.1) is 0 Å². The zero-order chi connectivity index (χ0) is 16.9. The molecule has 2 N–H and O–H groups in total. The van der Waals surface area contributed by atoms with Crippen molar-refractivity contribution in [2.24, 2.45) is 0 Å². The van der Waals surface area contributed by atoms with E-state index in [9.17, 15) is 9.59 Å². The maximum atomic E-state index is 12.4. The van der Waals surface area contributed by atoms with Gasteiger partial charge >= 0.3 is 0 Å². The summed E-state index contributed by atoms with van der Waals surface area (Å²) in [6, 6.07) is 3.93. The molecule has 0 spiro atoms. The van der Waals surface area contributed by atoms with Gasteiger partial charge in [-0.05, 0) is 11.4 Å². The van der Waals surface area contributed by atoms with E-state index in [0.717, 1.165) is 10.6 Å². The Kier molecular flexibility index (Phi) is 5.27. The van der Waals surface area contributed by atoms with Gasteiger partial charge in [0.15, 0.2) is 0 Å². The third-order valence-electron chi connectivity index (χ3n) is 3.81. The molecule has 0 aromatic carbocycles. The fourth-order valence-corrected chi connectivity index (χ4v) is 3.26. The van der Waals surface area contributed by atoms with Crippen molar-refractivity contribution in [3.63, 3.8) is 0 Å². The van der Waals surface area contributed by atoms with Crippen molar-refractivity contribution in [1.29, 1.82) is 0 Å². The van der Waals surface area contributed by atoms with E-state index < -0.39 is 0 Å². The Balaban J connectivity index is 1.58. The zero-order valence-corrected chi connectivity index (χ0v) is 14.3. The summed E-state index contributed by atoms with van der Waals surface area (Å²) in [5.74, 6) is 0.699. The quantitative estimate of drug-likeness (QED) is 0.851. The molecule has 3 heterocycles. The number of aromatic amines is 1. The molecular weight excluding hydrogens is 328 g/mol. The Morgan fingerprint density at radius 2 is 2.42 bits per heavy atom. The topological polar surface area (TPSA) is 87.3 Å². The predicted octanol–water partition coefficient (Wildman–Crippen LogP) is 1.25. The van der Waals surface area contributed by atoms with Gasteiger partial charge in [-0.2, -0.15) is 0 Å². The number of hydrogen-bond donors (Lipinski definition) is 2. The van der Waals surface area contributed by atoms with Gasteiger partial charge in [-0.15, -0.1) is 11.3 Å². The van der Waals surface area contributed by atoms with Crippen LogP contribution in [-0.4, -0.2) is 46.4 Å². The SMILES string of the molecule is CC(=O)NCc1cnc(C2CN(C(=O)Cc3cccs3)CCO2)[nH]1. The molecule has 0 saturated carbocycles. The van der Waals surface area contributed by atoms with Gasteiger partial charge < -0.3 is 19.9 Å². The lowest BCUT2D eigenvalue weighted by Gasteiger charge is -2.32. The fourth-order valence-electron chi connectivity index (χ4n) is 2.56. The summed E-state index contributed by atoms with van der Waals surface area (Å²) in [6.45, 7) is 3.44. The van der Waals surface area contributed by atoms with E-state index in [4.69, 9.17) is 4.74 Å². The first-order chi connectivity index (χ1) is 11.6. The summed E-state index contributed by atoms with van der Waals surface area (Å²) in [5, 5.41) is 4.69. The monoisotopic (exact) mass is 348 g/mol. The molecule has 1 unspecified atom stereocenters. The van der Waals surface area contributed by atoms with Crippen LogP contribution in [0.3, 0.4) is 0 Å². The number of H-pyrrole nitrogens is 1. The number of carbonyl (C=O) groups is 2. The number of carbonyl (C=O) groups excluding carboxylic acids is 2. The molecule has 0 radical (unpaired) electrons. The minimum atomic E-state index is -0.267. The first-order valence-electron chi connectivity index (χ1n) is 7.82. The zero-order valence-electron chi connectivity index (χ0n) is 13.4. The van der Waals surface area contributed by atoms with Gasteiger partial charge in [0.25, 0.3) is 0 Å². The average Bonchev–Trinajstić information content (AvgIpc) is 3.24. The molecule has 0 bridgehead atoms. The number of imidazole rings is 1. The van der Waals surface area contributed by atoms with Crippen molar-refractivity contribution >= 4 is 23.2 Å². The van der Waals surface area contributed by atoms with Crippen LogP contribution in [0.25, 0.3) is 0 Å². The Hall–Kier alpha value is -2.19. The first-order valence-corrected chi connectivity index (χ1v) is 8.70. The second-order valence-electron chi connectivity index (χ2n) is 5.66. The normalized spacial score (nSPS) is 17.7. The van der Waals surface area contributed by atoms with Crippen molar-refractivity contribution in [3.8, 4) is 0 Å². The Morgan fingerprint density at radius 1 is 1.54 bits per heavy atom. The lowest BCUT2D eigenvalue weighted by Crippen LogP contribution is -2.43. The van der Waals surface area contributed by atoms with Crippen LogP contribution >= 0.6 is 11.3 Å². The molecule has 2 aromatic rings. The van der Waals surface area contributed by atoms with Gasteiger partial charge in [0.05, 0.1) is 38.0 Å². The van der Waals surface area contributed by atoms with Crippen molar-refractivity contribution in [3.05, 3.63) is 40.1 Å². The largest absolute Gasteiger partial charge is 0.367 e. The van der Waals surface area contributed by atoms with E-state index in [1.165, 1.54) is 6.92 Å². The number of morpholine rings is 1. The van der Waals surface area contributed by atoms with E-state index in [1.807, 2.05) is 22.4 Å². The van der Waals surface area contributed by atoms with Crippen molar-refractivity contribution in [2.45, 2.75) is 26.0 Å². The third-order valence-corrected chi connectivity index (χ3v) is 4.68. The smallest absolute Gasteiger partial charge is 0.228 e. The molecule has 0 aliphatic carbocycles. The Bertz CT molecular complexity index is 698. The number of nitrogens with one attached hydrogen (secondary N) is 2. The van der Waals surface area contributed by atoms with Crippen LogP contribution in [0.5, 0.6) is 0 Å². The van der Waals surface area contributed by atoms with Gasteiger partial charge in [0.1, 0.15) is 11.9 Å². The number of amides is 2. The highest BCUT2D eigenvalue weighted by atomic mass is 32.1. The van der Waals surface area contributed by atoms with Gasteiger partial charge in [-0.1, -0.05) is 6.07 Å². The van der Waals surface area contributed by atoms with E-state index >= 15 is 0 Å². The van der Waals surface area contributed by atoms with E-state index in [0.29, 0.717) is 38.5 Å². The van der Waals surface area contributed by atoms with Crippen LogP contribution < -0.4 is 5.32 Å². The van der Waals surface area contributed by atoms with E-state index in [1.54, 1.807) is 17.5 Å². The summed E-state index contributed by atoms with van der Waals surface area (Å²) < 4.78 is 5.75. The standard InChI is InChI=1S/C16H20N4O3S/c1-11(21)17-8-12-9-18-16(19-12)14-10-20(4-5-23-14)15(22)7-13-3-2-6-24-13/h2-3,6,9,14H,4-5,7-8,10H2,1H3,(H,17,21)(H,18,19). The lowest BCUT2D eigenvalue weighted by atomic mass is 10.2. The summed E-state index contributed by atoms with van der Waals surface area (Å²) in [6.07, 6.45) is 1.84. The molecule has 7 nitrogen and oxygen atoms in total. The summed E-state index contributed by atoms with van der Waals surface area (Å²) >= 11 is 1.59. The highest BCUT2D eigenvalue weighted by molar-refractivity contribution is 7.10. The van der Waals surface area contributed by atoms with Gasteiger partial charge in [0.2, 0.25) is 11.8 Å². The van der Waals surface area contributed by atoms with Gasteiger partial charge in [-0.3, -0.25) is 9.59 Å². The number of thiophene rings is 1. The minimum Gasteiger partial charge on any atom is -0.367 e. The molecule has 1 fully saturated rings. The number of ether oxygens (including phenoxy) is 1. The molecular formula is C16H20N4O3S. The highest BCUT2D eigenvalue weighted by Gasteiger charge is 2.27. The molecule has 1 saturated heterocycles. The molecule has 1 atom stereocenters. The molecule has 2 amide bonds. The van der Waals surface area contributed by atoms with E-state index in [-0.39, 0.29) is 17.9 Å². The first kappa shape index (κ1) is 16.7. The van der Waals surface area contributed by atoms with Crippen molar-refractivity contribution < 1.29 is 14.3 Å². The van der Waals surface area contributed by atoms with Crippen LogP contribution in [0.1, 0.15) is 29.4 Å². The number of hydrogen-bond acceptors (Lipinski definition) is 5. The second-order valence-corrected chi connectivity index (χ2v) is 6.69. The lowest BCUT2D eigenvalue weighted by molar-refractivity contribution is -0.138. The maximum Gasteiger partial charge on any atom is 0.228 e. The number of aromatic nitrogens is 2. The highest BCUT2D eigenvalue weighted by Crippen LogP contribution is 2.21.